The molecule has 0 saturated heterocycles. The van der Waals surface area contributed by atoms with Crippen molar-refractivity contribution in [2.24, 2.45) is 17.8 Å². The monoisotopic (exact) mass is 490 g/mol. The van der Waals surface area contributed by atoms with Gasteiger partial charge in [-0.05, 0) is 82.5 Å². The predicted octanol–water partition coefficient (Wildman–Crippen LogP) is 9.43. The Morgan fingerprint density at radius 1 is 0.735 bits per heavy atom. The highest BCUT2D eigenvalue weighted by atomic mass is 19.3. The predicted molar refractivity (Wildman–Crippen MR) is 128 cm³/mol. The molecule has 0 aromatic rings. The smallest absolute Gasteiger partial charge is 0.317 e. The van der Waals surface area contributed by atoms with E-state index >= 15 is 0 Å². The van der Waals surface area contributed by atoms with Crippen LogP contribution in [0.25, 0.3) is 0 Å². The molecule has 0 aromatic heterocycles. The van der Waals surface area contributed by atoms with Gasteiger partial charge in [-0.15, -0.1) is 0 Å². The summed E-state index contributed by atoms with van der Waals surface area (Å²) in [5, 5.41) is 0. The Kier molecular flexibility index (Phi) is 10.8. The van der Waals surface area contributed by atoms with Crippen LogP contribution in [0.2, 0.25) is 0 Å². The molecule has 0 spiro atoms. The summed E-state index contributed by atoms with van der Waals surface area (Å²) in [5.41, 5.74) is -0.0687. The van der Waals surface area contributed by atoms with E-state index in [9.17, 15) is 17.6 Å². The minimum Gasteiger partial charge on any atom is -0.317 e. The first kappa shape index (κ1) is 28.0. The molecule has 3 aliphatic rings. The average molecular weight is 491 g/mol. The van der Waals surface area contributed by atoms with E-state index in [0.717, 1.165) is 38.5 Å². The fourth-order valence-electron chi connectivity index (χ4n) is 6.20. The van der Waals surface area contributed by atoms with E-state index in [1.54, 1.807) is 0 Å². The van der Waals surface area contributed by atoms with Gasteiger partial charge in [0.15, 0.2) is 0 Å². The van der Waals surface area contributed by atoms with Gasteiger partial charge in [-0.1, -0.05) is 58.4 Å². The van der Waals surface area contributed by atoms with Crippen LogP contribution in [0.5, 0.6) is 0 Å². The molecule has 0 heterocycles. The van der Waals surface area contributed by atoms with E-state index in [2.05, 4.69) is 13.8 Å². The van der Waals surface area contributed by atoms with Crippen LogP contribution in [0.1, 0.15) is 123 Å². The second-order valence-corrected chi connectivity index (χ2v) is 11.1. The number of rotatable bonds is 12. The van der Waals surface area contributed by atoms with Crippen molar-refractivity contribution in [1.29, 1.82) is 0 Å². The molecule has 0 N–H and O–H groups in total. The van der Waals surface area contributed by atoms with Crippen LogP contribution in [0.3, 0.4) is 0 Å². The van der Waals surface area contributed by atoms with E-state index in [0.29, 0.717) is 37.5 Å². The number of hydrogen-bond acceptors (Lipinski definition) is 2. The van der Waals surface area contributed by atoms with Crippen LogP contribution in [0, 0.1) is 17.8 Å². The maximum absolute atomic E-state index is 14.8. The minimum atomic E-state index is -3.31. The number of halogens is 4. The number of unbranched alkanes of at least 4 members (excludes halogenated alkanes) is 2. The van der Waals surface area contributed by atoms with Crippen LogP contribution in [-0.4, -0.2) is 24.4 Å². The highest BCUT2D eigenvalue weighted by molar-refractivity contribution is 5.13. The lowest BCUT2D eigenvalue weighted by molar-refractivity contribution is -0.299. The molecule has 3 rings (SSSR count). The van der Waals surface area contributed by atoms with E-state index in [4.69, 9.17) is 9.47 Å². The number of ether oxygens (including phenoxy) is 2. The summed E-state index contributed by atoms with van der Waals surface area (Å²) in [6, 6.07) is 0. The van der Waals surface area contributed by atoms with E-state index in [1.807, 2.05) is 0 Å². The van der Waals surface area contributed by atoms with Gasteiger partial charge < -0.3 is 9.47 Å². The molecule has 0 radical (unpaired) electrons. The molecule has 1 atom stereocenters. The van der Waals surface area contributed by atoms with Gasteiger partial charge in [0, 0.05) is 5.57 Å². The van der Waals surface area contributed by atoms with Gasteiger partial charge in [-0.25, -0.2) is 0 Å². The topological polar surface area (TPSA) is 18.5 Å². The molecule has 0 amide bonds. The summed E-state index contributed by atoms with van der Waals surface area (Å²) < 4.78 is 69.6. The van der Waals surface area contributed by atoms with Gasteiger partial charge in [0.25, 0.3) is 0 Å². The molecular weight excluding hydrogens is 444 g/mol. The Balaban J connectivity index is 1.42. The average Bonchev–Trinajstić information content (AvgIpc) is 2.81. The quantitative estimate of drug-likeness (QED) is 0.154. The first-order valence-corrected chi connectivity index (χ1v) is 14.0. The molecule has 2 fully saturated rings. The van der Waals surface area contributed by atoms with Crippen molar-refractivity contribution in [1.82, 2.24) is 0 Å². The van der Waals surface area contributed by atoms with Gasteiger partial charge >= 0.3 is 12.2 Å². The highest BCUT2D eigenvalue weighted by Gasteiger charge is 2.46. The van der Waals surface area contributed by atoms with Gasteiger partial charge in [0.05, 0.1) is 18.1 Å². The molecule has 2 saturated carbocycles. The van der Waals surface area contributed by atoms with Gasteiger partial charge in [0.1, 0.15) is 0 Å². The summed E-state index contributed by atoms with van der Waals surface area (Å²) in [5.74, 6) is 0.429. The fraction of sp³-hybridized carbons (Fsp3) is 0.929. The zero-order valence-electron chi connectivity index (χ0n) is 21.3. The van der Waals surface area contributed by atoms with Crippen molar-refractivity contribution in [2.45, 2.75) is 147 Å². The molecule has 34 heavy (non-hydrogen) atoms. The highest BCUT2D eigenvalue weighted by Crippen LogP contribution is 2.43. The third-order valence-electron chi connectivity index (χ3n) is 8.40. The summed E-state index contributed by atoms with van der Waals surface area (Å²) in [6.07, 6.45) is 7.03. The van der Waals surface area contributed by atoms with Crippen molar-refractivity contribution in [2.75, 3.05) is 0 Å². The molecule has 198 valence electrons. The Morgan fingerprint density at radius 3 is 1.97 bits per heavy atom. The van der Waals surface area contributed by atoms with Crippen LogP contribution >= 0.6 is 0 Å². The summed E-state index contributed by atoms with van der Waals surface area (Å²) >= 11 is 0. The molecule has 0 bridgehead atoms. The van der Waals surface area contributed by atoms with E-state index in [1.165, 1.54) is 31.8 Å². The molecule has 3 aliphatic carbocycles. The normalized spacial score (nSPS) is 31.4. The lowest BCUT2D eigenvalue weighted by Crippen LogP contribution is -2.39. The minimum absolute atomic E-state index is 0.0450. The van der Waals surface area contributed by atoms with Crippen molar-refractivity contribution in [3.63, 3.8) is 0 Å². The number of hydrogen-bond donors (Lipinski definition) is 0. The third kappa shape index (κ3) is 8.21. The maximum Gasteiger partial charge on any atom is 0.379 e. The van der Waals surface area contributed by atoms with Gasteiger partial charge in [-0.3, -0.25) is 0 Å². The third-order valence-corrected chi connectivity index (χ3v) is 8.40. The maximum atomic E-state index is 14.8. The fourth-order valence-corrected chi connectivity index (χ4v) is 6.20. The summed E-state index contributed by atoms with van der Waals surface area (Å²) in [7, 11) is 0. The molecule has 2 nitrogen and oxygen atoms in total. The standard InChI is InChI=1S/C28H46F4O2/c1-3-5-6-8-22-11-17-25(18-12-22)33-28(31,32)24-15-19-26(20-16-24)34-27(29,30)23-13-9-21(7-4-2)10-14-23/h15,21-23,25-26H,3-14,16-20H2,1-2H3. The molecular formula is C28H46F4O2. The Labute approximate surface area is 204 Å². The lowest BCUT2D eigenvalue weighted by atomic mass is 9.79. The SMILES string of the molecule is CCCCCC1CCC(OC(F)(F)C2=CCC(OC(F)(F)C3CCC(CCC)CC3)CC2)CC1. The van der Waals surface area contributed by atoms with Gasteiger partial charge in [-0.2, -0.15) is 17.6 Å². The van der Waals surface area contributed by atoms with Crippen molar-refractivity contribution in [3.05, 3.63) is 11.6 Å². The van der Waals surface area contributed by atoms with Crippen LogP contribution in [0.15, 0.2) is 11.6 Å². The molecule has 0 aromatic carbocycles. The summed E-state index contributed by atoms with van der Waals surface area (Å²) in [6.45, 7) is 4.31. The first-order chi connectivity index (χ1) is 16.2. The van der Waals surface area contributed by atoms with Crippen LogP contribution < -0.4 is 0 Å². The second kappa shape index (κ2) is 13.1. The van der Waals surface area contributed by atoms with E-state index in [-0.39, 0.29) is 24.8 Å². The van der Waals surface area contributed by atoms with Crippen molar-refractivity contribution in [3.8, 4) is 0 Å². The van der Waals surface area contributed by atoms with Crippen LogP contribution in [-0.2, 0) is 9.47 Å². The summed E-state index contributed by atoms with van der Waals surface area (Å²) in [4.78, 5) is 0. The molecule has 1 unspecified atom stereocenters. The van der Waals surface area contributed by atoms with Crippen LogP contribution in [0.4, 0.5) is 17.6 Å². The van der Waals surface area contributed by atoms with Gasteiger partial charge in [0.2, 0.25) is 0 Å². The van der Waals surface area contributed by atoms with Crippen molar-refractivity contribution >= 4 is 0 Å². The van der Waals surface area contributed by atoms with Crippen molar-refractivity contribution < 1.29 is 27.0 Å². The zero-order valence-corrected chi connectivity index (χ0v) is 21.3. The second-order valence-electron chi connectivity index (χ2n) is 11.1. The molecule has 0 aliphatic heterocycles. The zero-order chi connectivity index (χ0) is 24.6. The first-order valence-electron chi connectivity index (χ1n) is 14.0. The largest absolute Gasteiger partial charge is 0.379 e. The van der Waals surface area contributed by atoms with E-state index < -0.39 is 30.3 Å². The molecule has 6 heteroatoms. The Bertz CT molecular complexity index is 620. The Morgan fingerprint density at radius 2 is 1.38 bits per heavy atom. The Hall–Kier alpha value is -0.620. The number of alkyl halides is 4. The lowest BCUT2D eigenvalue weighted by Gasteiger charge is -2.36.